The second kappa shape index (κ2) is 77.6. The van der Waals surface area contributed by atoms with Gasteiger partial charge in [-0.05, 0) is 393 Å². The first-order valence-electron chi connectivity index (χ1n) is 60.5. The van der Waals surface area contributed by atoms with E-state index in [1.54, 1.807) is 154 Å². The topological polar surface area (TPSA) is 0 Å². The molecule has 9 heteroatoms. The van der Waals surface area contributed by atoms with Crippen molar-refractivity contribution in [1.29, 1.82) is 0 Å². The minimum atomic E-state index is 0.306. The lowest BCUT2D eigenvalue weighted by Gasteiger charge is -2.21. The summed E-state index contributed by atoms with van der Waals surface area (Å²) in [5.74, 6) is 6.77. The highest BCUT2D eigenvalue weighted by Gasteiger charge is 2.26. The van der Waals surface area contributed by atoms with E-state index >= 15 is 0 Å². The van der Waals surface area contributed by atoms with Crippen LogP contribution in [0.2, 0.25) is 0 Å². The lowest BCUT2D eigenvalue weighted by atomic mass is 9.83. The van der Waals surface area contributed by atoms with Crippen molar-refractivity contribution in [3.63, 3.8) is 0 Å². The van der Waals surface area contributed by atoms with E-state index < -0.39 is 0 Å². The third kappa shape index (κ3) is 49.1. The van der Waals surface area contributed by atoms with E-state index in [4.69, 9.17) is 0 Å². The van der Waals surface area contributed by atoms with Gasteiger partial charge in [0.25, 0.3) is 0 Å². The first kappa shape index (κ1) is 140. The van der Waals surface area contributed by atoms with Gasteiger partial charge in [-0.25, -0.2) is 0 Å². The van der Waals surface area contributed by atoms with Gasteiger partial charge in [-0.15, -0.1) is 102 Å². The second-order valence-electron chi connectivity index (χ2n) is 45.4. The Hall–Kier alpha value is -2.70. The minimum absolute atomic E-state index is 0.306. The van der Waals surface area contributed by atoms with E-state index in [0.29, 0.717) is 5.41 Å². The molecule has 7 atom stereocenters. The van der Waals surface area contributed by atoms with Gasteiger partial charge in [0.05, 0.1) is 0 Å². The lowest BCUT2D eigenvalue weighted by molar-refractivity contribution is 0.435. The molecule has 0 N–H and O–H groups in total. The molecule has 9 aromatic heterocycles. The molecule has 0 spiro atoms. The van der Waals surface area contributed by atoms with Crippen LogP contribution in [0.25, 0.3) is 0 Å². The smallest absolute Gasteiger partial charge is 0.00572 e. The van der Waals surface area contributed by atoms with Gasteiger partial charge in [-0.3, -0.25) is 0 Å². The zero-order valence-electron chi connectivity index (χ0n) is 105. The van der Waals surface area contributed by atoms with E-state index in [-0.39, 0.29) is 0 Å². The van der Waals surface area contributed by atoms with Crippen LogP contribution in [0.5, 0.6) is 0 Å². The summed E-state index contributed by atoms with van der Waals surface area (Å²) in [5, 5.41) is 0. The van der Waals surface area contributed by atoms with Gasteiger partial charge >= 0.3 is 0 Å². The number of hydrogen-bond acceptors (Lipinski definition) is 9. The fourth-order valence-electron chi connectivity index (χ4n) is 22.9. The molecule has 834 valence electrons. The van der Waals surface area contributed by atoms with Gasteiger partial charge in [0, 0.05) is 87.8 Å². The van der Waals surface area contributed by atoms with Crippen LogP contribution in [0.1, 0.15) is 574 Å². The zero-order valence-corrected chi connectivity index (χ0v) is 112. The Morgan fingerprint density at radius 2 is 0.407 bits per heavy atom. The summed E-state index contributed by atoms with van der Waals surface area (Å²) in [6.07, 6.45) is 60.0. The van der Waals surface area contributed by atoms with Crippen molar-refractivity contribution in [2.45, 2.75) is 619 Å². The SMILES string of the molecule is CCCCC(C)Cc1c(C)sc(C)c1CC.CCCCC(CC)Cc1c(C)sc(C)c1CC.CCCCCCC(C)Cc1c(C)sc(C)c1CC.CCCCCCC(CC)Cc1c(C)sc(C)c1CC.CCCCCCCCC(CC)Cc1c(C)sc(C)c1CC.CCc1c(C)sc(C)c1C(C)(C)C.CCc1c(C)sc(C)c1C(C)CC.CCc1c(C)sc(C)c1CC(C)CC.CCc1c(C)sc(C)c1CCC(C)C. The maximum absolute atomic E-state index is 2.43. The van der Waals surface area contributed by atoms with Crippen molar-refractivity contribution in [1.82, 2.24) is 0 Å². The Kier molecular flexibility index (Phi) is 75.1. The first-order chi connectivity index (χ1) is 68.7. The molecular weight excluding hydrogens is 1920 g/mol. The summed E-state index contributed by atoms with van der Waals surface area (Å²) in [6.45, 7) is 106. The van der Waals surface area contributed by atoms with Crippen LogP contribution in [0, 0.1) is 166 Å². The van der Waals surface area contributed by atoms with Crippen molar-refractivity contribution < 1.29 is 0 Å². The van der Waals surface area contributed by atoms with Crippen LogP contribution in [0.15, 0.2) is 0 Å². The molecule has 0 fully saturated rings. The summed E-state index contributed by atoms with van der Waals surface area (Å²) < 4.78 is 0. The Balaban J connectivity index is 0.000000819. The van der Waals surface area contributed by atoms with Gasteiger partial charge in [0.2, 0.25) is 0 Å². The molecule has 9 aromatic rings. The highest BCUT2D eigenvalue weighted by Crippen LogP contribution is 2.42. The van der Waals surface area contributed by atoms with Gasteiger partial charge in [-0.1, -0.05) is 367 Å². The van der Waals surface area contributed by atoms with Crippen LogP contribution in [0.3, 0.4) is 0 Å². The van der Waals surface area contributed by atoms with Crippen molar-refractivity contribution in [2.24, 2.45) is 41.4 Å². The van der Waals surface area contributed by atoms with Crippen LogP contribution in [-0.4, -0.2) is 0 Å². The molecule has 9 heterocycles. The number of aryl methyl sites for hydroxylation is 18. The van der Waals surface area contributed by atoms with E-state index in [1.165, 1.54) is 323 Å². The molecule has 0 amide bonds. The van der Waals surface area contributed by atoms with Gasteiger partial charge in [0.1, 0.15) is 0 Å². The monoisotopic (exact) mass is 2160 g/mol. The average Bonchev–Trinajstić information content (AvgIpc) is 1.65. The van der Waals surface area contributed by atoms with E-state index in [1.807, 2.05) is 102 Å². The van der Waals surface area contributed by atoms with E-state index in [0.717, 1.165) is 47.3 Å². The maximum Gasteiger partial charge on any atom is 0.00572 e. The van der Waals surface area contributed by atoms with Crippen molar-refractivity contribution in [3.05, 3.63) is 188 Å². The first-order valence-corrected chi connectivity index (χ1v) is 67.8. The summed E-state index contributed by atoms with van der Waals surface area (Å²) in [7, 11) is 0. The molecule has 9 rings (SSSR count). The number of rotatable bonds is 53. The third-order valence-corrected chi connectivity index (χ3v) is 41.9. The van der Waals surface area contributed by atoms with Crippen LogP contribution >= 0.6 is 102 Å². The minimum Gasteiger partial charge on any atom is -0.145 e. The molecule has 0 saturated carbocycles. The standard InChI is InChI=1S/C20H36S.C18H32S.C17H30S.C16H28S.C15H26S.2C13H22S.2C12H20S/c1-6-9-10-11-12-13-14-18(7-2)15-20-17(5)21-16(4)19(20)8-3;1-6-9-10-11-12-16(7-2)13-18-15(5)19-14(4)17(18)8-3;1-6-8-9-10-11-13(3)12-17-15(5)18-14(4)16(17)7-2;1-6-9-10-14(7-2)11-16-13(5)17-12(4)15(16)8-3;1-6-8-9-11(3)10-15-13(5)16-12(4)14(15)7-2;1-6-12-10(4)14-11(5)13(12)8-7-9(2)3;1-6-9(3)8-13-11(5)14-10(4)12(13)7-2;1-7-10-8(2)13-9(3)11(10)12(4,5)6;1-6-8(3)12-10(5)13-9(4)11(12)7-2/h18H,6-15H2,1-5H3;16H,6-13H2,1-5H3;13H,6-12H2,1-5H3;14H,6-11H2,1-5H3;11H,6-10H2,1-5H3;2*9H,6-8H2,1-5H3;7H2,1-6H3;8H,6-7H2,1-5H3. The number of hydrogen-bond donors (Lipinski definition) is 0. The fourth-order valence-corrected chi connectivity index (χ4v) is 33.8. The summed E-state index contributed by atoms with van der Waals surface area (Å²) in [4.78, 5) is 27.8. The van der Waals surface area contributed by atoms with Crippen molar-refractivity contribution >= 4 is 102 Å². The van der Waals surface area contributed by atoms with Crippen LogP contribution < -0.4 is 0 Å². The highest BCUT2D eigenvalue weighted by molar-refractivity contribution is 7.14. The second-order valence-corrected chi connectivity index (χ2v) is 58.2. The molecule has 0 aliphatic heterocycles. The fraction of sp³-hybridized carbons (Fsp3) is 0.735. The molecule has 0 bridgehead atoms. The largest absolute Gasteiger partial charge is 0.145 e. The molecule has 0 aromatic carbocycles. The number of thiophene rings is 9. The lowest BCUT2D eigenvalue weighted by Crippen LogP contribution is -2.13. The molecule has 0 aliphatic carbocycles. The van der Waals surface area contributed by atoms with E-state index in [2.05, 4.69) is 318 Å². The van der Waals surface area contributed by atoms with E-state index in [9.17, 15) is 0 Å². The molecule has 7 unspecified atom stereocenters. The molecule has 0 nitrogen and oxygen atoms in total. The zero-order chi connectivity index (χ0) is 110. The van der Waals surface area contributed by atoms with Gasteiger partial charge < -0.3 is 0 Å². The quantitative estimate of drug-likeness (QED) is 0.0333. The molecule has 0 aliphatic rings. The van der Waals surface area contributed by atoms with Crippen LogP contribution in [0.4, 0.5) is 0 Å². The Bertz CT molecular complexity index is 4840. The average molecular weight is 2160 g/mol. The molecule has 0 saturated heterocycles. The predicted molar refractivity (Wildman–Crippen MR) is 685 cm³/mol. The normalized spacial score (nSPS) is 12.8. The summed E-state index contributed by atoms with van der Waals surface area (Å²) in [5.41, 5.74) is 29.8. The molecule has 145 heavy (non-hydrogen) atoms. The Morgan fingerprint density at radius 1 is 0.186 bits per heavy atom. The third-order valence-electron chi connectivity index (χ3n) is 32.0. The highest BCUT2D eigenvalue weighted by atomic mass is 32.1. The summed E-state index contributed by atoms with van der Waals surface area (Å²) >= 11 is 17.8. The maximum atomic E-state index is 2.43. The molecular formula is C136H236S9. The van der Waals surface area contributed by atoms with Gasteiger partial charge in [-0.2, -0.15) is 0 Å². The summed E-state index contributed by atoms with van der Waals surface area (Å²) in [6, 6.07) is 0. The van der Waals surface area contributed by atoms with Crippen LogP contribution in [-0.2, 0) is 108 Å². The predicted octanol–water partition coefficient (Wildman–Crippen LogP) is 48.5. The Labute approximate surface area is 941 Å². The molecule has 0 radical (unpaired) electrons. The van der Waals surface area contributed by atoms with Crippen molar-refractivity contribution in [3.8, 4) is 0 Å². The number of unbranched alkanes of at least 4 members (excludes halogenated alkanes) is 13. The van der Waals surface area contributed by atoms with Gasteiger partial charge in [0.15, 0.2) is 0 Å². The Morgan fingerprint density at radius 3 is 0.683 bits per heavy atom. The van der Waals surface area contributed by atoms with Crippen molar-refractivity contribution in [2.75, 3.05) is 0 Å².